The molecule has 0 bridgehead atoms. The molecule has 10 nitrogen and oxygen atoms in total. The second-order valence-corrected chi connectivity index (χ2v) is 8.52. The van der Waals surface area contributed by atoms with Crippen molar-refractivity contribution in [2.45, 2.75) is 31.9 Å². The van der Waals surface area contributed by atoms with E-state index in [-0.39, 0.29) is 36.6 Å². The number of aromatic nitrogens is 5. The van der Waals surface area contributed by atoms with Gasteiger partial charge < -0.3 is 24.2 Å². The summed E-state index contributed by atoms with van der Waals surface area (Å²) in [5, 5.41) is 14.4. The Kier molecular flexibility index (Phi) is 7.40. The van der Waals surface area contributed by atoms with Crippen LogP contribution in [0.4, 0.5) is 30.7 Å². The number of benzene rings is 1. The summed E-state index contributed by atoms with van der Waals surface area (Å²) in [6.07, 6.45) is -6.20. The van der Waals surface area contributed by atoms with Gasteiger partial charge in [0.2, 0.25) is 0 Å². The van der Waals surface area contributed by atoms with Crippen LogP contribution >= 0.6 is 0 Å². The summed E-state index contributed by atoms with van der Waals surface area (Å²) >= 11 is 0. The molecular weight excluding hydrogens is 557 g/mol. The van der Waals surface area contributed by atoms with Crippen molar-refractivity contribution in [1.82, 2.24) is 24.5 Å². The summed E-state index contributed by atoms with van der Waals surface area (Å²) in [5.74, 6) is -5.31. The highest BCUT2D eigenvalue weighted by Gasteiger charge is 2.46. The van der Waals surface area contributed by atoms with Gasteiger partial charge in [-0.15, -0.1) is 5.10 Å². The van der Waals surface area contributed by atoms with E-state index in [2.05, 4.69) is 15.2 Å². The van der Waals surface area contributed by atoms with Gasteiger partial charge in [0, 0.05) is 29.6 Å². The molecule has 0 saturated carbocycles. The fraction of sp³-hybridized carbons (Fsp3) is 0.261. The fourth-order valence-corrected chi connectivity index (χ4v) is 4.07. The number of aliphatic carboxylic acids is 1. The molecule has 1 aliphatic rings. The number of aromatic amines is 2. The second kappa shape index (κ2) is 10.5. The first kappa shape index (κ1) is 28.3. The van der Waals surface area contributed by atoms with Gasteiger partial charge in [-0.2, -0.15) is 26.3 Å². The van der Waals surface area contributed by atoms with Gasteiger partial charge in [-0.1, -0.05) is 6.07 Å². The molecule has 1 aliphatic heterocycles. The van der Waals surface area contributed by atoms with Crippen LogP contribution in [0.5, 0.6) is 0 Å². The molecule has 17 heteroatoms. The number of hydrogen-bond donors (Lipinski definition) is 2. The number of hydrogen-bond acceptors (Lipinski definition) is 5. The zero-order chi connectivity index (χ0) is 29.4. The predicted molar refractivity (Wildman–Crippen MR) is 117 cm³/mol. The third-order valence-electron chi connectivity index (χ3n) is 5.89. The molecule has 0 unspecified atom stereocenters. The third-order valence-corrected chi connectivity index (χ3v) is 5.89. The van der Waals surface area contributed by atoms with Crippen LogP contribution < -0.4 is 15.2 Å². The molecule has 0 fully saturated rings. The van der Waals surface area contributed by atoms with Gasteiger partial charge >= 0.3 is 18.2 Å². The van der Waals surface area contributed by atoms with E-state index in [1.54, 1.807) is 35.0 Å². The molecule has 1 aromatic carbocycles. The first-order valence-corrected chi connectivity index (χ1v) is 11.2. The van der Waals surface area contributed by atoms with Crippen LogP contribution in [0.3, 0.4) is 0 Å². The lowest BCUT2D eigenvalue weighted by atomic mass is 10.0. The number of nitrogens with one attached hydrogen (secondary N) is 2. The largest absolute Gasteiger partial charge is 0.542 e. The van der Waals surface area contributed by atoms with E-state index in [1.807, 2.05) is 0 Å². The maximum Gasteiger partial charge on any atom is 0.485 e. The average molecular weight is 574 g/mol. The molecule has 0 saturated heterocycles. The van der Waals surface area contributed by atoms with E-state index in [0.717, 1.165) is 10.3 Å². The SMILES string of the molecule is O=C([O-])C(F)(F)F.O=C(c1cc(Cc2c[nH]c(=O)c3cccn23)ccc1F)N1CC[n+]2c(C(F)(F)F)n[nH]c2C1. The van der Waals surface area contributed by atoms with Crippen LogP contribution in [0, 0.1) is 5.82 Å². The van der Waals surface area contributed by atoms with Gasteiger partial charge in [0.1, 0.15) is 23.8 Å². The van der Waals surface area contributed by atoms with Crippen LogP contribution in [-0.4, -0.2) is 49.1 Å². The van der Waals surface area contributed by atoms with Crippen molar-refractivity contribution >= 4 is 17.4 Å². The summed E-state index contributed by atoms with van der Waals surface area (Å²) in [5.41, 5.74) is 1.41. The second-order valence-electron chi connectivity index (χ2n) is 8.52. The van der Waals surface area contributed by atoms with E-state index in [0.29, 0.717) is 17.5 Å². The molecule has 212 valence electrons. The molecular formula is C23H17F7N6O4. The number of carbonyl (C=O) groups excluding carboxylic acids is 2. The Morgan fingerprint density at radius 3 is 2.48 bits per heavy atom. The first-order valence-electron chi connectivity index (χ1n) is 11.2. The highest BCUT2D eigenvalue weighted by molar-refractivity contribution is 5.94. The fourth-order valence-electron chi connectivity index (χ4n) is 4.07. The molecule has 0 radical (unpaired) electrons. The summed E-state index contributed by atoms with van der Waals surface area (Å²) in [6.45, 7) is -0.293. The van der Waals surface area contributed by atoms with Gasteiger partial charge in [0.05, 0.1) is 18.7 Å². The van der Waals surface area contributed by atoms with Crippen molar-refractivity contribution in [3.05, 3.63) is 87.4 Å². The van der Waals surface area contributed by atoms with Gasteiger partial charge in [-0.25, -0.2) is 8.96 Å². The Labute approximate surface area is 218 Å². The van der Waals surface area contributed by atoms with Gasteiger partial charge in [0.25, 0.3) is 17.3 Å². The number of nitrogens with zero attached hydrogens (tertiary/aromatic N) is 4. The summed E-state index contributed by atoms with van der Waals surface area (Å²) < 4.78 is 87.9. The Hall–Kier alpha value is -4.70. The molecule has 0 spiro atoms. The maximum absolute atomic E-state index is 14.6. The number of fused-ring (bicyclic) bond motifs is 2. The van der Waals surface area contributed by atoms with Crippen molar-refractivity contribution < 1.29 is 50.0 Å². The van der Waals surface area contributed by atoms with E-state index >= 15 is 0 Å². The topological polar surface area (TPSA) is 130 Å². The smallest absolute Gasteiger partial charge is 0.485 e. The number of rotatable bonds is 3. The minimum Gasteiger partial charge on any atom is -0.542 e. The predicted octanol–water partition coefficient (Wildman–Crippen LogP) is 1.34. The minimum atomic E-state index is -5.19. The average Bonchev–Trinajstić information content (AvgIpc) is 3.54. The quantitative estimate of drug-likeness (QED) is 0.282. The van der Waals surface area contributed by atoms with E-state index in [9.17, 15) is 40.3 Å². The number of alkyl halides is 6. The van der Waals surface area contributed by atoms with Crippen LogP contribution in [-0.2, 0) is 30.5 Å². The number of carboxylic acid groups (broad SMARTS) is 1. The van der Waals surface area contributed by atoms with Crippen molar-refractivity contribution in [3.63, 3.8) is 0 Å². The molecule has 3 aromatic heterocycles. The standard InChI is InChI=1S/C21H16F4N6O2.C2HF3O2/c22-15-4-3-12(8-13-10-26-18(32)16-2-1-5-30(13)16)9-14(15)19(33)29-6-7-31-17(11-29)27-28-20(31)21(23,24)25;3-2(4,5)1(6)7/h1-5,9-10H,6-8,11H2,(H,26,32);(H,6,7). The Morgan fingerprint density at radius 1 is 1.12 bits per heavy atom. The number of H-pyrrole nitrogens is 2. The lowest BCUT2D eigenvalue weighted by Gasteiger charge is -2.25. The minimum absolute atomic E-state index is 0.0211. The molecule has 40 heavy (non-hydrogen) atoms. The molecule has 0 aliphatic carbocycles. The van der Waals surface area contributed by atoms with Gasteiger partial charge in [0.15, 0.2) is 0 Å². The van der Waals surface area contributed by atoms with Crippen molar-refractivity contribution in [3.8, 4) is 0 Å². The van der Waals surface area contributed by atoms with Crippen LogP contribution in [0.1, 0.15) is 33.3 Å². The summed E-state index contributed by atoms with van der Waals surface area (Å²) in [6, 6.07) is 7.56. The van der Waals surface area contributed by atoms with E-state index < -0.39 is 35.9 Å². The summed E-state index contributed by atoms with van der Waals surface area (Å²) in [4.78, 5) is 37.6. The first-order chi connectivity index (χ1) is 18.7. The zero-order valence-electron chi connectivity index (χ0n) is 19.9. The molecule has 4 heterocycles. The van der Waals surface area contributed by atoms with Crippen molar-refractivity contribution in [2.24, 2.45) is 0 Å². The number of halogens is 7. The van der Waals surface area contributed by atoms with E-state index in [1.165, 1.54) is 17.0 Å². The molecule has 4 aromatic rings. The third kappa shape index (κ3) is 5.81. The molecule has 1 amide bonds. The Balaban J connectivity index is 0.000000470. The lowest BCUT2D eigenvalue weighted by molar-refractivity contribution is -0.727. The lowest BCUT2D eigenvalue weighted by Crippen LogP contribution is -2.54. The van der Waals surface area contributed by atoms with Crippen LogP contribution in [0.15, 0.2) is 47.5 Å². The monoisotopic (exact) mass is 574 g/mol. The molecule has 5 rings (SSSR count). The van der Waals surface area contributed by atoms with Crippen molar-refractivity contribution in [1.29, 1.82) is 0 Å². The Morgan fingerprint density at radius 2 is 1.82 bits per heavy atom. The highest BCUT2D eigenvalue weighted by Crippen LogP contribution is 2.26. The summed E-state index contributed by atoms with van der Waals surface area (Å²) in [7, 11) is 0. The number of carbonyl (C=O) groups is 2. The van der Waals surface area contributed by atoms with Crippen LogP contribution in [0.25, 0.3) is 5.52 Å². The normalized spacial score (nSPS) is 13.5. The molecule has 0 atom stereocenters. The van der Waals surface area contributed by atoms with E-state index in [4.69, 9.17) is 9.90 Å². The maximum atomic E-state index is 14.6. The number of amides is 1. The Bertz CT molecular complexity index is 1640. The van der Waals surface area contributed by atoms with Gasteiger partial charge in [-0.05, 0) is 29.8 Å². The number of carboxylic acids is 1. The van der Waals surface area contributed by atoms with Gasteiger partial charge in [-0.3, -0.25) is 9.59 Å². The zero-order valence-corrected chi connectivity index (χ0v) is 19.9. The van der Waals surface area contributed by atoms with Crippen LogP contribution in [0.2, 0.25) is 0 Å². The van der Waals surface area contributed by atoms with Crippen molar-refractivity contribution in [2.75, 3.05) is 6.54 Å². The molecule has 2 N–H and O–H groups in total. The highest BCUT2D eigenvalue weighted by atomic mass is 19.4.